The molecule has 0 aliphatic heterocycles. The number of hydrogen-bond acceptors (Lipinski definition) is 6. The highest BCUT2D eigenvalue weighted by atomic mass is 14.8. The molecule has 0 saturated heterocycles. The lowest BCUT2D eigenvalue weighted by molar-refractivity contribution is 0.313. The van der Waals surface area contributed by atoms with Crippen LogP contribution in [0.1, 0.15) is 222 Å². The molecule has 13 aromatic carbocycles. The first-order chi connectivity index (χ1) is 67.3. The largest absolute Gasteiger partial charge is 0.250 e. The zero-order valence-electron chi connectivity index (χ0n) is 78.8. The molecule has 670 valence electrons. The highest BCUT2D eigenvalue weighted by Crippen LogP contribution is 2.52. The van der Waals surface area contributed by atoms with E-state index in [-0.39, 0.29) is 11.8 Å². The number of nitrogens with zero attached hydrogens (tertiary/aromatic N) is 6. The fourth-order valence-corrected chi connectivity index (χ4v) is 24.7. The van der Waals surface area contributed by atoms with Crippen molar-refractivity contribution < 1.29 is 0 Å². The molecule has 0 radical (unpaired) electrons. The van der Waals surface area contributed by atoms with Crippen molar-refractivity contribution in [3.8, 4) is 89.0 Å². The van der Waals surface area contributed by atoms with E-state index in [1.165, 1.54) is 284 Å². The molecule has 6 heterocycles. The van der Waals surface area contributed by atoms with Crippen LogP contribution >= 0.6 is 0 Å². The van der Waals surface area contributed by atoms with Crippen molar-refractivity contribution in [1.29, 1.82) is 0 Å². The third kappa shape index (κ3) is 17.4. The van der Waals surface area contributed by atoms with E-state index in [4.69, 9.17) is 29.9 Å². The molecule has 136 heavy (non-hydrogen) atoms. The van der Waals surface area contributed by atoms with Crippen LogP contribution in [0.15, 0.2) is 352 Å². The van der Waals surface area contributed by atoms with Crippen LogP contribution in [0.5, 0.6) is 0 Å². The van der Waals surface area contributed by atoms with Gasteiger partial charge in [0.25, 0.3) is 0 Å². The van der Waals surface area contributed by atoms with Gasteiger partial charge in [-0.1, -0.05) is 432 Å². The number of fused-ring (bicyclic) bond motifs is 15. The summed E-state index contributed by atoms with van der Waals surface area (Å²) < 4.78 is 0. The van der Waals surface area contributed by atoms with E-state index < -0.39 is 0 Å². The summed E-state index contributed by atoms with van der Waals surface area (Å²) in [6, 6.07) is 129. The molecule has 0 bridgehead atoms. The van der Waals surface area contributed by atoms with Gasteiger partial charge in [-0.3, -0.25) is 29.9 Å². The van der Waals surface area contributed by atoms with E-state index in [0.29, 0.717) is 23.7 Å². The van der Waals surface area contributed by atoms with Gasteiger partial charge < -0.3 is 0 Å². The van der Waals surface area contributed by atoms with Gasteiger partial charge in [-0.25, -0.2) is 0 Å². The van der Waals surface area contributed by atoms with Crippen LogP contribution in [-0.2, 0) is 25.7 Å². The van der Waals surface area contributed by atoms with E-state index >= 15 is 0 Å². The molecule has 0 amide bonds. The van der Waals surface area contributed by atoms with Gasteiger partial charge in [0.1, 0.15) is 0 Å². The van der Waals surface area contributed by atoms with Crippen LogP contribution < -0.4 is 0 Å². The number of hydrogen-bond donors (Lipinski definition) is 0. The Balaban J connectivity index is 0.000000117. The van der Waals surface area contributed by atoms with Gasteiger partial charge >= 0.3 is 0 Å². The molecular formula is C130H120N6. The summed E-state index contributed by atoms with van der Waals surface area (Å²) in [7, 11) is 0. The van der Waals surface area contributed by atoms with Crippen molar-refractivity contribution in [2.75, 3.05) is 0 Å². The minimum atomic E-state index is 0.229. The topological polar surface area (TPSA) is 77.3 Å². The Morgan fingerprint density at radius 3 is 0.654 bits per heavy atom. The molecule has 0 N–H and O–H groups in total. The molecule has 19 aromatic rings. The molecule has 4 saturated carbocycles. The fourth-order valence-electron chi connectivity index (χ4n) is 24.7. The van der Waals surface area contributed by atoms with E-state index in [1.54, 1.807) is 0 Å². The van der Waals surface area contributed by atoms with E-state index in [2.05, 4.69) is 366 Å². The smallest absolute Gasteiger partial charge is 0.0974 e. The summed E-state index contributed by atoms with van der Waals surface area (Å²) in [5, 5.41) is 7.11. The van der Waals surface area contributed by atoms with E-state index in [9.17, 15) is 0 Å². The SMILES string of the molecule is CC(c1cc(-c2ccccc2)c2ccc3c(-c4ccccc4)cc(C(C)C4CCCCC4)nc3c2n1)C1CCCCC1.c1ccc(-c2cc(CC3CCCCC3)nc3c2ccc2c(-c4ccccc4)cc(CC4CCCCC4)nc23)cc1.c1ccc(-c2cc(CC3c4ccccc4-c4ccccc43)nc3c2ccc2c(-c4ccccc4)cc(CC4c5ccccc5-c5ccccc54)nc23)cc1. The van der Waals surface area contributed by atoms with Gasteiger partial charge in [0.15, 0.2) is 0 Å². The lowest BCUT2D eigenvalue weighted by Crippen LogP contribution is -2.16. The predicted molar refractivity (Wildman–Crippen MR) is 569 cm³/mol. The van der Waals surface area contributed by atoms with Gasteiger partial charge in [0, 0.05) is 103 Å². The van der Waals surface area contributed by atoms with Crippen LogP contribution in [0, 0.1) is 23.7 Å². The third-order valence-electron chi connectivity index (χ3n) is 31.9. The summed E-state index contributed by atoms with van der Waals surface area (Å²) in [5.74, 6) is 4.22. The first kappa shape index (κ1) is 86.4. The second-order valence-corrected chi connectivity index (χ2v) is 40.3. The molecule has 6 heteroatoms. The maximum atomic E-state index is 5.62. The number of aromatic nitrogens is 6. The molecule has 2 atom stereocenters. The van der Waals surface area contributed by atoms with Crippen LogP contribution in [0.25, 0.3) is 154 Å². The Morgan fingerprint density at radius 1 is 0.199 bits per heavy atom. The first-order valence-electron chi connectivity index (χ1n) is 51.3. The van der Waals surface area contributed by atoms with Crippen LogP contribution in [0.4, 0.5) is 0 Å². The van der Waals surface area contributed by atoms with Gasteiger partial charge in [0.05, 0.1) is 33.1 Å². The maximum absolute atomic E-state index is 5.62. The molecule has 4 fully saturated rings. The highest BCUT2D eigenvalue weighted by Gasteiger charge is 2.34. The lowest BCUT2D eigenvalue weighted by atomic mass is 9.78. The Bertz CT molecular complexity index is 7000. The van der Waals surface area contributed by atoms with Crippen molar-refractivity contribution in [3.63, 3.8) is 0 Å². The molecule has 6 aliphatic carbocycles. The number of pyridine rings is 6. The second kappa shape index (κ2) is 39.0. The molecule has 25 rings (SSSR count). The average Bonchev–Trinajstić information content (AvgIpc) is 1.76. The summed E-state index contributed by atoms with van der Waals surface area (Å²) in [4.78, 5) is 33.2. The highest BCUT2D eigenvalue weighted by molar-refractivity contribution is 6.15. The quantitative estimate of drug-likeness (QED) is 0.0797. The van der Waals surface area contributed by atoms with Crippen molar-refractivity contribution in [1.82, 2.24) is 29.9 Å². The van der Waals surface area contributed by atoms with Crippen LogP contribution in [0.2, 0.25) is 0 Å². The van der Waals surface area contributed by atoms with E-state index in [1.807, 2.05) is 0 Å². The monoisotopic (exact) mass is 1760 g/mol. The molecule has 6 nitrogen and oxygen atoms in total. The van der Waals surface area contributed by atoms with Crippen molar-refractivity contribution >= 4 is 65.4 Å². The Kier molecular flexibility index (Phi) is 24.8. The first-order valence-corrected chi connectivity index (χ1v) is 51.3. The molecule has 6 aromatic heterocycles. The van der Waals surface area contributed by atoms with E-state index in [0.717, 1.165) is 92.8 Å². The molecular weight excluding hydrogens is 1650 g/mol. The maximum Gasteiger partial charge on any atom is 0.0974 e. The Labute approximate surface area is 802 Å². The molecule has 0 spiro atoms. The van der Waals surface area contributed by atoms with Gasteiger partial charge in [-0.2, -0.15) is 0 Å². The Morgan fingerprint density at radius 2 is 0.404 bits per heavy atom. The zero-order valence-corrected chi connectivity index (χ0v) is 78.8. The fraction of sp³-hybridized carbons (Fsp3) is 0.262. The van der Waals surface area contributed by atoms with Crippen LogP contribution in [-0.4, -0.2) is 29.9 Å². The minimum absolute atomic E-state index is 0.229. The van der Waals surface area contributed by atoms with Gasteiger partial charge in [0.2, 0.25) is 0 Å². The standard InChI is InChI=1S/C52H36N2.C40H44N2.C38H40N2/c1-3-15-33(16-4-1)47-29-35(31-49-41-23-11-7-19-37(41)38-20-8-12-24-42(38)49)53-51-45(47)27-28-46-48(34-17-5-2-6-18-34)30-36(54-52(46)51)32-50-43-25-13-9-21-39(43)40-22-10-14-26-44(40)50;1-27(29-15-7-3-8-16-29)37-25-35(31-19-11-5-12-20-31)33-23-24-34-36(32-21-13-6-14-22-32)26-38(42-40(34)39(33)41-37)28(2)30-17-9-4-10-18-30;1-5-13-27(14-6-1)23-31-25-35(29-17-9-3-10-18-29)33-21-22-34-36(30-19-11-4-12-20-30)26-32(40-38(34)37(33)39-31)24-28-15-7-2-8-16-28/h1-30,49-50H,31-32H2;5-6,11-14,19-30H,3-4,7-10,15-18H2,1-2H3;3-4,9-12,17-22,25-28H,1-2,5-8,13-16,23-24H2. The summed E-state index contributed by atoms with van der Waals surface area (Å²) in [6.45, 7) is 4.84. The molecule has 2 unspecified atom stereocenters. The van der Waals surface area contributed by atoms with Crippen molar-refractivity contribution in [2.45, 2.75) is 192 Å². The zero-order chi connectivity index (χ0) is 90.8. The lowest BCUT2D eigenvalue weighted by Gasteiger charge is -2.28. The average molecular weight is 1770 g/mol. The number of rotatable bonds is 18. The Hall–Kier alpha value is -13.7. The number of benzene rings is 13. The summed E-state index contributed by atoms with van der Waals surface area (Å²) >= 11 is 0. The minimum Gasteiger partial charge on any atom is -0.250 e. The predicted octanol–water partition coefficient (Wildman–Crippen LogP) is 34.7. The van der Waals surface area contributed by atoms with Crippen LogP contribution in [0.3, 0.4) is 0 Å². The van der Waals surface area contributed by atoms with Crippen molar-refractivity contribution in [3.05, 3.63) is 408 Å². The molecule has 6 aliphatic rings. The van der Waals surface area contributed by atoms with Gasteiger partial charge in [-0.05, 0) is 210 Å². The van der Waals surface area contributed by atoms with Crippen molar-refractivity contribution in [2.24, 2.45) is 23.7 Å². The van der Waals surface area contributed by atoms with Gasteiger partial charge in [-0.15, -0.1) is 0 Å². The summed E-state index contributed by atoms with van der Waals surface area (Å²) in [5.41, 5.74) is 39.1. The normalized spacial score (nSPS) is 15.9. The second-order valence-electron chi connectivity index (χ2n) is 40.3. The summed E-state index contributed by atoms with van der Waals surface area (Å²) in [6.07, 6.45) is 30.7. The third-order valence-corrected chi connectivity index (χ3v) is 31.9.